The average Bonchev–Trinajstić information content (AvgIpc) is 2.59. The van der Waals surface area contributed by atoms with Gasteiger partial charge in [-0.25, -0.2) is 8.42 Å². The fraction of sp³-hybridized carbons (Fsp3) is 0.235. The van der Waals surface area contributed by atoms with Gasteiger partial charge < -0.3 is 4.74 Å². The molecule has 0 bridgehead atoms. The van der Waals surface area contributed by atoms with Gasteiger partial charge in [0.05, 0.1) is 17.4 Å². The molecule has 2 aromatic rings. The lowest BCUT2D eigenvalue weighted by Gasteiger charge is -2.21. The van der Waals surface area contributed by atoms with Crippen LogP contribution in [-0.2, 0) is 19.6 Å². The number of aryl methyl sites for hydroxylation is 1. The van der Waals surface area contributed by atoms with Crippen LogP contribution in [0, 0.1) is 6.92 Å². The highest BCUT2D eigenvalue weighted by Crippen LogP contribution is 2.26. The third kappa shape index (κ3) is 4.35. The van der Waals surface area contributed by atoms with E-state index in [1.54, 1.807) is 42.5 Å². The van der Waals surface area contributed by atoms with Crippen LogP contribution in [0.5, 0.6) is 0 Å². The summed E-state index contributed by atoms with van der Waals surface area (Å²) in [6, 6.07) is 13.8. The first-order valence-electron chi connectivity index (χ1n) is 7.21. The summed E-state index contributed by atoms with van der Waals surface area (Å²) in [5.74, 6) is -0.755. The number of benzene rings is 2. The van der Waals surface area contributed by atoms with Crippen molar-refractivity contribution in [2.24, 2.45) is 0 Å². The van der Waals surface area contributed by atoms with Crippen molar-refractivity contribution in [3.8, 4) is 0 Å². The standard InChI is InChI=1S/C17H18ClNO4S/c1-12-8-10-14(11-9-12)24(21,22)19-16(17(20)23-2)15(18)13-6-4-3-5-7-13/h3-11,15-16,19H,1-2H3. The van der Waals surface area contributed by atoms with Crippen molar-refractivity contribution in [3.63, 3.8) is 0 Å². The molecule has 0 aromatic heterocycles. The van der Waals surface area contributed by atoms with Crippen molar-refractivity contribution in [1.82, 2.24) is 4.72 Å². The Morgan fingerprint density at radius 3 is 2.21 bits per heavy atom. The third-order valence-electron chi connectivity index (χ3n) is 3.48. The number of hydrogen-bond donors (Lipinski definition) is 1. The molecule has 2 rings (SSSR count). The first-order valence-corrected chi connectivity index (χ1v) is 9.13. The van der Waals surface area contributed by atoms with Crippen molar-refractivity contribution in [3.05, 3.63) is 65.7 Å². The fourth-order valence-corrected chi connectivity index (χ4v) is 3.72. The summed E-state index contributed by atoms with van der Waals surface area (Å²) in [4.78, 5) is 12.1. The zero-order chi connectivity index (χ0) is 17.7. The number of halogens is 1. The Morgan fingerprint density at radius 1 is 1.08 bits per heavy atom. The van der Waals surface area contributed by atoms with Crippen LogP contribution in [0.3, 0.4) is 0 Å². The lowest BCUT2D eigenvalue weighted by molar-refractivity contribution is -0.142. The molecule has 7 heteroatoms. The van der Waals surface area contributed by atoms with Gasteiger partial charge in [0.2, 0.25) is 10.0 Å². The van der Waals surface area contributed by atoms with Crippen LogP contribution < -0.4 is 4.72 Å². The molecular formula is C17H18ClNO4S. The van der Waals surface area contributed by atoms with Gasteiger partial charge in [0.25, 0.3) is 0 Å². The minimum absolute atomic E-state index is 0.0546. The van der Waals surface area contributed by atoms with E-state index in [0.29, 0.717) is 5.56 Å². The Balaban J connectivity index is 2.32. The molecular weight excluding hydrogens is 350 g/mol. The van der Waals surface area contributed by atoms with E-state index >= 15 is 0 Å². The van der Waals surface area contributed by atoms with Crippen LogP contribution in [0.4, 0.5) is 0 Å². The average molecular weight is 368 g/mol. The smallest absolute Gasteiger partial charge is 0.325 e. The Hall–Kier alpha value is -1.89. The number of carbonyl (C=O) groups excluding carboxylic acids is 1. The highest BCUT2D eigenvalue weighted by atomic mass is 35.5. The molecule has 0 saturated heterocycles. The van der Waals surface area contributed by atoms with Gasteiger partial charge in [-0.3, -0.25) is 4.79 Å². The Bertz CT molecular complexity index is 791. The number of alkyl halides is 1. The molecule has 2 aromatic carbocycles. The molecule has 0 spiro atoms. The van der Waals surface area contributed by atoms with Crippen molar-refractivity contribution < 1.29 is 17.9 Å². The predicted molar refractivity (Wildman–Crippen MR) is 92.3 cm³/mol. The SMILES string of the molecule is COC(=O)C(NS(=O)(=O)c1ccc(C)cc1)C(Cl)c1ccccc1. The molecule has 0 aliphatic rings. The maximum atomic E-state index is 12.5. The topological polar surface area (TPSA) is 72.5 Å². The van der Waals surface area contributed by atoms with E-state index in [1.807, 2.05) is 6.92 Å². The van der Waals surface area contributed by atoms with E-state index in [2.05, 4.69) is 4.72 Å². The summed E-state index contributed by atoms with van der Waals surface area (Å²) in [6.07, 6.45) is 0. The summed E-state index contributed by atoms with van der Waals surface area (Å²) in [7, 11) is -2.74. The van der Waals surface area contributed by atoms with Gasteiger partial charge in [-0.05, 0) is 24.6 Å². The number of sulfonamides is 1. The molecule has 0 amide bonds. The van der Waals surface area contributed by atoms with Gasteiger partial charge in [0.1, 0.15) is 6.04 Å². The predicted octanol–water partition coefficient (Wildman–Crippen LogP) is 2.80. The van der Waals surface area contributed by atoms with Crippen LogP contribution in [0.15, 0.2) is 59.5 Å². The Morgan fingerprint density at radius 2 is 1.67 bits per heavy atom. The van der Waals surface area contributed by atoms with Crippen LogP contribution in [-0.4, -0.2) is 27.5 Å². The van der Waals surface area contributed by atoms with E-state index < -0.39 is 27.4 Å². The highest BCUT2D eigenvalue weighted by molar-refractivity contribution is 7.89. The van der Waals surface area contributed by atoms with Crippen LogP contribution in [0.2, 0.25) is 0 Å². The van der Waals surface area contributed by atoms with Gasteiger partial charge in [-0.2, -0.15) is 4.72 Å². The molecule has 0 aliphatic heterocycles. The third-order valence-corrected chi connectivity index (χ3v) is 5.44. The summed E-state index contributed by atoms with van der Waals surface area (Å²) in [5, 5.41) is -0.904. The number of carbonyl (C=O) groups is 1. The maximum absolute atomic E-state index is 12.5. The lowest BCUT2D eigenvalue weighted by Crippen LogP contribution is -2.44. The number of esters is 1. The number of methoxy groups -OCH3 is 1. The largest absolute Gasteiger partial charge is 0.468 e. The zero-order valence-corrected chi connectivity index (χ0v) is 14.8. The number of nitrogens with one attached hydrogen (secondary N) is 1. The van der Waals surface area contributed by atoms with E-state index in [0.717, 1.165) is 5.56 Å². The first kappa shape index (κ1) is 18.4. The van der Waals surface area contributed by atoms with Gasteiger partial charge in [0.15, 0.2) is 0 Å². The summed E-state index contributed by atoms with van der Waals surface area (Å²) in [6.45, 7) is 1.85. The van der Waals surface area contributed by atoms with Gasteiger partial charge >= 0.3 is 5.97 Å². The minimum atomic E-state index is -3.92. The van der Waals surface area contributed by atoms with Crippen LogP contribution >= 0.6 is 11.6 Å². The van der Waals surface area contributed by atoms with Crippen LogP contribution in [0.1, 0.15) is 16.5 Å². The minimum Gasteiger partial charge on any atom is -0.468 e. The maximum Gasteiger partial charge on any atom is 0.325 e. The summed E-state index contributed by atoms with van der Waals surface area (Å²) in [5.41, 5.74) is 1.54. The van der Waals surface area contributed by atoms with E-state index in [-0.39, 0.29) is 4.90 Å². The number of rotatable bonds is 6. The molecule has 2 unspecified atom stereocenters. The molecule has 1 N–H and O–H groups in total. The second kappa shape index (κ2) is 7.79. The Labute approximate surface area is 146 Å². The number of hydrogen-bond acceptors (Lipinski definition) is 4. The van der Waals surface area contributed by atoms with Gasteiger partial charge in [0, 0.05) is 0 Å². The van der Waals surface area contributed by atoms with Crippen molar-refractivity contribution in [1.29, 1.82) is 0 Å². The monoisotopic (exact) mass is 367 g/mol. The molecule has 2 atom stereocenters. The molecule has 0 fully saturated rings. The molecule has 128 valence electrons. The van der Waals surface area contributed by atoms with Crippen molar-refractivity contribution >= 4 is 27.6 Å². The summed E-state index contributed by atoms with van der Waals surface area (Å²) >= 11 is 6.34. The molecule has 0 aliphatic carbocycles. The second-order valence-electron chi connectivity index (χ2n) is 5.25. The molecule has 5 nitrogen and oxygen atoms in total. The molecule has 0 radical (unpaired) electrons. The van der Waals surface area contributed by atoms with Crippen molar-refractivity contribution in [2.75, 3.05) is 7.11 Å². The quantitative estimate of drug-likeness (QED) is 0.629. The van der Waals surface area contributed by atoms with Gasteiger partial charge in [-0.15, -0.1) is 11.6 Å². The van der Waals surface area contributed by atoms with E-state index in [9.17, 15) is 13.2 Å². The second-order valence-corrected chi connectivity index (χ2v) is 7.43. The first-order chi connectivity index (χ1) is 11.3. The van der Waals surface area contributed by atoms with Crippen molar-refractivity contribution in [2.45, 2.75) is 23.2 Å². The van der Waals surface area contributed by atoms with E-state index in [1.165, 1.54) is 19.2 Å². The lowest BCUT2D eigenvalue weighted by atomic mass is 10.1. The van der Waals surface area contributed by atoms with E-state index in [4.69, 9.17) is 16.3 Å². The zero-order valence-electron chi connectivity index (χ0n) is 13.3. The van der Waals surface area contributed by atoms with Gasteiger partial charge in [-0.1, -0.05) is 48.0 Å². The normalized spacial score (nSPS) is 14.0. The molecule has 0 heterocycles. The molecule has 24 heavy (non-hydrogen) atoms. The highest BCUT2D eigenvalue weighted by Gasteiger charge is 2.33. The fourth-order valence-electron chi connectivity index (χ4n) is 2.14. The Kier molecular flexibility index (Phi) is 5.99. The number of ether oxygens (including phenoxy) is 1. The van der Waals surface area contributed by atoms with Crippen LogP contribution in [0.25, 0.3) is 0 Å². The summed E-state index contributed by atoms with van der Waals surface area (Å²) < 4.78 is 32.1. The molecule has 0 saturated carbocycles.